The molecule has 4 N–H and O–H groups in total. The van der Waals surface area contributed by atoms with E-state index in [4.69, 9.17) is 5.73 Å². The van der Waals surface area contributed by atoms with E-state index in [0.29, 0.717) is 47.2 Å². The van der Waals surface area contributed by atoms with Crippen LogP contribution in [0, 0.1) is 6.92 Å². The van der Waals surface area contributed by atoms with Gasteiger partial charge in [0.1, 0.15) is 0 Å². The average molecular weight is 437 g/mol. The smallest absolute Gasteiger partial charge is 0.396 e. The third-order valence-electron chi connectivity index (χ3n) is 5.30. The van der Waals surface area contributed by atoms with Gasteiger partial charge in [-0.2, -0.15) is 13.2 Å². The number of nitrogen functional groups attached to an aromatic ring is 1. The highest BCUT2D eigenvalue weighted by Gasteiger charge is 2.33. The maximum Gasteiger partial charge on any atom is 0.416 e. The van der Waals surface area contributed by atoms with Crippen LogP contribution in [0.25, 0.3) is 5.65 Å². The minimum absolute atomic E-state index is 0.0768. The van der Waals surface area contributed by atoms with Crippen LogP contribution in [0.5, 0.6) is 0 Å². The number of nitrogens with two attached hydrogens (primary N) is 1. The third-order valence-corrected chi connectivity index (χ3v) is 5.30. The van der Waals surface area contributed by atoms with E-state index in [-0.39, 0.29) is 18.6 Å². The lowest BCUT2D eigenvalue weighted by Crippen LogP contribution is -2.28. The number of nitrogens with zero attached hydrogens (tertiary/aromatic N) is 4. The van der Waals surface area contributed by atoms with E-state index in [9.17, 15) is 23.4 Å². The molecule has 3 aromatic rings. The van der Waals surface area contributed by atoms with Crippen LogP contribution in [0.2, 0.25) is 0 Å². The quantitative estimate of drug-likeness (QED) is 0.525. The predicted octanol–water partition coefficient (Wildman–Crippen LogP) is 3.10. The number of likely N-dealkylation sites (N-methyl/N-ethyl adjacent to an activating group) is 1. The second kappa shape index (κ2) is 8.72. The zero-order chi connectivity index (χ0) is 22.9. The first-order valence-electron chi connectivity index (χ1n) is 9.96. The molecule has 0 fully saturated rings. The van der Waals surface area contributed by atoms with Crippen LogP contribution in [0.3, 0.4) is 0 Å². The Labute approximate surface area is 177 Å². The first-order chi connectivity index (χ1) is 14.6. The second-order valence-electron chi connectivity index (χ2n) is 7.38. The Kier molecular flexibility index (Phi) is 6.42. The minimum Gasteiger partial charge on any atom is -0.396 e. The molecule has 0 radical (unpaired) electrons. The zero-order valence-electron chi connectivity index (χ0n) is 17.6. The Hall–Kier alpha value is -2.85. The summed E-state index contributed by atoms with van der Waals surface area (Å²) < 4.78 is 41.6. The molecular formula is C21H26F3N5O2. The highest BCUT2D eigenvalue weighted by molar-refractivity contribution is 5.69. The molecule has 2 heterocycles. The van der Waals surface area contributed by atoms with Gasteiger partial charge in [-0.05, 0) is 38.0 Å². The fourth-order valence-corrected chi connectivity index (χ4v) is 3.66. The van der Waals surface area contributed by atoms with Crippen LogP contribution in [-0.4, -0.2) is 44.5 Å². The number of aliphatic hydroxyl groups is 2. The van der Waals surface area contributed by atoms with E-state index in [1.165, 1.54) is 24.4 Å². The Balaban J connectivity index is 2.19. The SMILES string of the molecule is CCN(CCO)c1cc(N)c2nc(C(C)O)c(Cc3cccc(C(F)(F)F)c3C)n2n1. The summed E-state index contributed by atoms with van der Waals surface area (Å²) in [5, 5.41) is 24.2. The Morgan fingerprint density at radius 3 is 2.58 bits per heavy atom. The molecule has 10 heteroatoms. The minimum atomic E-state index is -4.46. The van der Waals surface area contributed by atoms with Gasteiger partial charge in [0, 0.05) is 25.6 Å². The van der Waals surface area contributed by atoms with Crippen LogP contribution < -0.4 is 10.6 Å². The number of anilines is 2. The van der Waals surface area contributed by atoms with E-state index in [1.807, 2.05) is 11.8 Å². The summed E-state index contributed by atoms with van der Waals surface area (Å²) in [7, 11) is 0. The molecule has 168 valence electrons. The third kappa shape index (κ3) is 4.45. The van der Waals surface area contributed by atoms with Gasteiger partial charge in [-0.1, -0.05) is 12.1 Å². The van der Waals surface area contributed by atoms with Gasteiger partial charge < -0.3 is 20.8 Å². The van der Waals surface area contributed by atoms with Gasteiger partial charge in [0.25, 0.3) is 0 Å². The van der Waals surface area contributed by atoms with Crippen molar-refractivity contribution in [1.82, 2.24) is 14.6 Å². The molecule has 2 aromatic heterocycles. The van der Waals surface area contributed by atoms with Crippen LogP contribution in [0.1, 0.15) is 48.0 Å². The van der Waals surface area contributed by atoms with E-state index < -0.39 is 17.8 Å². The molecule has 3 rings (SSSR count). The highest BCUT2D eigenvalue weighted by atomic mass is 19.4. The number of rotatable bonds is 7. The number of alkyl halides is 3. The highest BCUT2D eigenvalue weighted by Crippen LogP contribution is 2.34. The molecule has 0 saturated carbocycles. The van der Waals surface area contributed by atoms with Crippen molar-refractivity contribution < 1.29 is 23.4 Å². The standard InChI is InChI=1S/C21H26F3N5O2/c1-4-28(8-9-30)18-11-16(25)20-26-19(13(3)31)17(29(20)27-18)10-14-6-5-7-15(12(14)2)21(22,23)24/h5-7,11,13,30-31H,4,8-10,25H2,1-3H3. The predicted molar refractivity (Wildman–Crippen MR) is 112 cm³/mol. The van der Waals surface area contributed by atoms with Crippen molar-refractivity contribution in [1.29, 1.82) is 0 Å². The summed E-state index contributed by atoms with van der Waals surface area (Å²) in [6.45, 7) is 5.70. The summed E-state index contributed by atoms with van der Waals surface area (Å²) in [4.78, 5) is 6.23. The van der Waals surface area contributed by atoms with Crippen LogP contribution in [-0.2, 0) is 12.6 Å². The molecule has 0 spiro atoms. The normalized spacial score (nSPS) is 13.0. The van der Waals surface area contributed by atoms with Gasteiger partial charge in [0.15, 0.2) is 11.5 Å². The number of fused-ring (bicyclic) bond motifs is 1. The van der Waals surface area contributed by atoms with Crippen LogP contribution >= 0.6 is 0 Å². The summed E-state index contributed by atoms with van der Waals surface area (Å²) in [6, 6.07) is 5.66. The van der Waals surface area contributed by atoms with Crippen molar-refractivity contribution in [2.75, 3.05) is 30.3 Å². The summed E-state index contributed by atoms with van der Waals surface area (Å²) in [5.41, 5.74) is 7.45. The average Bonchev–Trinajstić information content (AvgIpc) is 3.06. The van der Waals surface area contributed by atoms with Gasteiger partial charge in [-0.3, -0.25) is 0 Å². The topological polar surface area (TPSA) is 99.9 Å². The largest absolute Gasteiger partial charge is 0.416 e. The van der Waals surface area contributed by atoms with Gasteiger partial charge in [-0.15, -0.1) is 5.10 Å². The lowest BCUT2D eigenvalue weighted by molar-refractivity contribution is -0.138. The maximum atomic E-state index is 13.4. The van der Waals surface area contributed by atoms with Gasteiger partial charge in [0.05, 0.1) is 35.3 Å². The van der Waals surface area contributed by atoms with Crippen molar-refractivity contribution in [2.45, 2.75) is 39.5 Å². The molecule has 0 saturated heterocycles. The maximum absolute atomic E-state index is 13.4. The Morgan fingerprint density at radius 2 is 2.00 bits per heavy atom. The number of hydrogen-bond acceptors (Lipinski definition) is 6. The van der Waals surface area contributed by atoms with Crippen molar-refractivity contribution >= 4 is 17.2 Å². The molecule has 7 nitrogen and oxygen atoms in total. The summed E-state index contributed by atoms with van der Waals surface area (Å²) in [6.07, 6.45) is -5.35. The van der Waals surface area contributed by atoms with Crippen molar-refractivity contribution in [2.24, 2.45) is 0 Å². The Morgan fingerprint density at radius 1 is 1.29 bits per heavy atom. The molecule has 1 unspecified atom stereocenters. The molecule has 0 aliphatic carbocycles. The van der Waals surface area contributed by atoms with E-state index in [1.54, 1.807) is 12.1 Å². The molecule has 31 heavy (non-hydrogen) atoms. The number of benzene rings is 1. The lowest BCUT2D eigenvalue weighted by Gasteiger charge is -2.21. The van der Waals surface area contributed by atoms with Gasteiger partial charge in [-0.25, -0.2) is 9.50 Å². The van der Waals surface area contributed by atoms with E-state index in [2.05, 4.69) is 10.1 Å². The molecule has 1 aromatic carbocycles. The first kappa shape index (κ1) is 22.8. The molecule has 0 amide bonds. The molecular weight excluding hydrogens is 411 g/mol. The summed E-state index contributed by atoms with van der Waals surface area (Å²) in [5.74, 6) is 0.498. The van der Waals surface area contributed by atoms with Crippen molar-refractivity contribution in [3.05, 3.63) is 52.3 Å². The summed E-state index contributed by atoms with van der Waals surface area (Å²) >= 11 is 0. The van der Waals surface area contributed by atoms with Crippen LogP contribution in [0.4, 0.5) is 24.7 Å². The number of aliphatic hydroxyl groups excluding tert-OH is 2. The van der Waals surface area contributed by atoms with Gasteiger partial charge >= 0.3 is 6.18 Å². The van der Waals surface area contributed by atoms with Crippen molar-refractivity contribution in [3.63, 3.8) is 0 Å². The number of halogens is 3. The number of hydrogen-bond donors (Lipinski definition) is 3. The molecule has 1 atom stereocenters. The van der Waals surface area contributed by atoms with E-state index in [0.717, 1.165) is 6.07 Å². The van der Waals surface area contributed by atoms with E-state index >= 15 is 0 Å². The monoisotopic (exact) mass is 437 g/mol. The molecule has 0 aliphatic rings. The Bertz CT molecular complexity index is 1080. The van der Waals surface area contributed by atoms with Gasteiger partial charge in [0.2, 0.25) is 0 Å². The lowest BCUT2D eigenvalue weighted by atomic mass is 9.97. The number of aromatic nitrogens is 3. The fourth-order valence-electron chi connectivity index (χ4n) is 3.66. The second-order valence-corrected chi connectivity index (χ2v) is 7.38. The molecule has 0 bridgehead atoms. The van der Waals surface area contributed by atoms with Crippen LogP contribution in [0.15, 0.2) is 24.3 Å². The first-order valence-corrected chi connectivity index (χ1v) is 9.96. The zero-order valence-corrected chi connectivity index (χ0v) is 17.6. The fraction of sp³-hybridized carbons (Fsp3) is 0.429. The molecule has 0 aliphatic heterocycles. The number of imidazole rings is 1. The van der Waals surface area contributed by atoms with Crippen molar-refractivity contribution in [3.8, 4) is 0 Å².